The van der Waals surface area contributed by atoms with E-state index >= 15 is 17.6 Å². The fourth-order valence-corrected chi connectivity index (χ4v) is 9.73. The van der Waals surface area contributed by atoms with Gasteiger partial charge < -0.3 is 34.3 Å². The van der Waals surface area contributed by atoms with E-state index in [-0.39, 0.29) is 48.2 Å². The molecule has 2 heterocycles. The van der Waals surface area contributed by atoms with E-state index in [4.69, 9.17) is 4.74 Å². The summed E-state index contributed by atoms with van der Waals surface area (Å²) in [7, 11) is 5.65. The molecule has 0 aliphatic carbocycles. The molecular formula is C61H58F4N6O13. The molecule has 0 spiro atoms. The molecular weight excluding hydrogens is 1100 g/mol. The summed E-state index contributed by atoms with van der Waals surface area (Å²) in [6, 6.07) is 23.8. The zero-order valence-corrected chi connectivity index (χ0v) is 46.5. The SMILES string of the molecule is Cc1c(-c2ccc(C[C@H](CC(=O)c3c(F)cc(CN(Cc4cc(F)c(C(=O)C[C@@H](Cc5ccc(-c6c(C)n(C)c(=O)n(C)c6=O)cc5)C(=O)O)c(F)c4)C(=O)CCNC(=O)OCc4ccccc4)cc3F)C(=O)O)cc2)c(=O)n(C)c(=O)n1C. The number of nitrogens with zero attached hydrogens (tertiary/aromatic N) is 5. The number of carboxylic acids is 2. The molecule has 23 heteroatoms. The van der Waals surface area contributed by atoms with E-state index in [1.807, 2.05) is 0 Å². The number of carbonyl (C=O) groups excluding carboxylic acids is 4. The fourth-order valence-electron chi connectivity index (χ4n) is 9.73. The first-order valence-electron chi connectivity index (χ1n) is 26.2. The van der Waals surface area contributed by atoms with Crippen molar-refractivity contribution in [3.8, 4) is 22.3 Å². The molecule has 0 saturated carbocycles. The van der Waals surface area contributed by atoms with Gasteiger partial charge in [0.05, 0.1) is 34.1 Å². The molecule has 2 aromatic heterocycles. The lowest BCUT2D eigenvalue weighted by Crippen LogP contribution is -2.39. The molecule has 0 saturated heterocycles. The summed E-state index contributed by atoms with van der Waals surface area (Å²) in [5, 5.41) is 22.6. The first-order chi connectivity index (χ1) is 39.7. The predicted octanol–water partition coefficient (Wildman–Crippen LogP) is 6.87. The number of aromatic nitrogens is 4. The van der Waals surface area contributed by atoms with E-state index in [2.05, 4.69) is 5.32 Å². The molecule has 3 N–H and O–H groups in total. The lowest BCUT2D eigenvalue weighted by molar-refractivity contribution is -0.142. The lowest BCUT2D eigenvalue weighted by Gasteiger charge is -2.24. The Bertz CT molecular complexity index is 3720. The predicted molar refractivity (Wildman–Crippen MR) is 298 cm³/mol. The maximum absolute atomic E-state index is 16.0. The van der Waals surface area contributed by atoms with Crippen molar-refractivity contribution in [2.75, 3.05) is 6.54 Å². The van der Waals surface area contributed by atoms with Crippen molar-refractivity contribution in [1.82, 2.24) is 28.5 Å². The second-order valence-corrected chi connectivity index (χ2v) is 20.3. The highest BCUT2D eigenvalue weighted by Gasteiger charge is 2.30. The molecule has 0 unspecified atom stereocenters. The van der Waals surface area contributed by atoms with Crippen LogP contribution in [0.25, 0.3) is 22.3 Å². The van der Waals surface area contributed by atoms with Gasteiger partial charge in [-0.15, -0.1) is 0 Å². The number of Topliss-reactive ketones (excluding diaryl/α,β-unsaturated/α-hetero) is 2. The van der Waals surface area contributed by atoms with Gasteiger partial charge in [0.25, 0.3) is 11.1 Å². The van der Waals surface area contributed by atoms with Gasteiger partial charge in [0.2, 0.25) is 5.91 Å². The molecule has 0 aliphatic rings. The molecule has 0 radical (unpaired) electrons. The number of carbonyl (C=O) groups is 6. The third-order valence-electron chi connectivity index (χ3n) is 14.6. The van der Waals surface area contributed by atoms with Crippen molar-refractivity contribution >= 4 is 35.5 Å². The third-order valence-corrected chi connectivity index (χ3v) is 14.6. The highest BCUT2D eigenvalue weighted by molar-refractivity contribution is 5.99. The molecule has 2 atom stereocenters. The summed E-state index contributed by atoms with van der Waals surface area (Å²) in [4.78, 5) is 130. The zero-order valence-electron chi connectivity index (χ0n) is 46.5. The summed E-state index contributed by atoms with van der Waals surface area (Å²) in [6.45, 7) is 1.40. The summed E-state index contributed by atoms with van der Waals surface area (Å²) in [5.41, 5.74) is -1.32. The number of benzene rings is 5. The standard InChI is InChI=1S/C61H58F4N6O13/c1-33-51(55(75)69(5)60(82)67(33)3)40-16-12-35(13-17-40)22-42(57(77)78)28-48(72)53-44(62)24-38(25-45(53)63)30-71(50(74)20-21-66-59(81)84-32-37-10-8-7-9-11-37)31-39-26-46(64)54(47(65)27-39)49(73)29-43(58(79)80)23-36-14-18-41(19-15-36)52-34(2)68(4)61(83)70(6)56(52)76/h7-19,24-27,42-43H,20-23,28-32H2,1-6H3,(H,66,81)(H,77,78)(H,79,80)/t42-,43-/m1/s1. The molecule has 7 aromatic rings. The third kappa shape index (κ3) is 14.1. The minimum atomic E-state index is -1.49. The first-order valence-corrected chi connectivity index (χ1v) is 26.2. The number of ether oxygens (including phenoxy) is 1. The molecule has 7 rings (SSSR count). The van der Waals surface area contributed by atoms with Gasteiger partial charge in [-0.1, -0.05) is 78.9 Å². The Hall–Kier alpha value is -9.80. The van der Waals surface area contributed by atoms with Gasteiger partial charge in [0.1, 0.15) is 29.9 Å². The van der Waals surface area contributed by atoms with E-state index in [0.717, 1.165) is 38.3 Å². The van der Waals surface area contributed by atoms with Crippen LogP contribution in [0, 0.1) is 49.0 Å². The summed E-state index contributed by atoms with van der Waals surface area (Å²) < 4.78 is 73.6. The number of hydrogen-bond acceptors (Lipinski definition) is 11. The largest absolute Gasteiger partial charge is 0.481 e. The summed E-state index contributed by atoms with van der Waals surface area (Å²) in [6.07, 6.45) is -3.65. The Morgan fingerprint density at radius 1 is 0.536 bits per heavy atom. The van der Waals surface area contributed by atoms with Crippen molar-refractivity contribution in [3.63, 3.8) is 0 Å². The van der Waals surface area contributed by atoms with Crippen LogP contribution >= 0.6 is 0 Å². The molecule has 5 aromatic carbocycles. The van der Waals surface area contributed by atoms with Crippen LogP contribution in [0.4, 0.5) is 22.4 Å². The first kappa shape index (κ1) is 61.8. The van der Waals surface area contributed by atoms with Gasteiger partial charge in [-0.2, -0.15) is 0 Å². The number of ketones is 2. The summed E-state index contributed by atoms with van der Waals surface area (Å²) >= 11 is 0. The van der Waals surface area contributed by atoms with Gasteiger partial charge in [-0.05, 0) is 89.9 Å². The van der Waals surface area contributed by atoms with Crippen LogP contribution in [0.5, 0.6) is 0 Å². The molecule has 438 valence electrons. The van der Waals surface area contributed by atoms with Crippen LogP contribution in [0.1, 0.15) is 79.2 Å². The van der Waals surface area contributed by atoms with Crippen LogP contribution in [0.2, 0.25) is 0 Å². The molecule has 19 nitrogen and oxygen atoms in total. The number of nitrogens with one attached hydrogen (secondary N) is 1. The second-order valence-electron chi connectivity index (χ2n) is 20.3. The molecule has 0 bridgehead atoms. The van der Waals surface area contributed by atoms with E-state index in [1.54, 1.807) is 44.2 Å². The number of hydrogen-bond donors (Lipinski definition) is 3. The second kappa shape index (κ2) is 26.4. The molecule has 0 fully saturated rings. The highest BCUT2D eigenvalue weighted by Crippen LogP contribution is 2.28. The monoisotopic (exact) mass is 1160 g/mol. The highest BCUT2D eigenvalue weighted by atomic mass is 19.1. The average Bonchev–Trinajstić information content (AvgIpc) is 2.38. The van der Waals surface area contributed by atoms with Gasteiger partial charge in [0.15, 0.2) is 11.6 Å². The van der Waals surface area contributed by atoms with E-state index < -0.39 is 137 Å². The molecule has 2 amide bonds. The molecule has 0 aliphatic heterocycles. The Morgan fingerprint density at radius 2 is 0.917 bits per heavy atom. The van der Waals surface area contributed by atoms with Gasteiger partial charge in [0, 0.05) is 78.5 Å². The van der Waals surface area contributed by atoms with Crippen molar-refractivity contribution in [3.05, 3.63) is 218 Å². The Kier molecular flexibility index (Phi) is 19.4. The average molecular weight is 1160 g/mol. The number of alkyl carbamates (subject to hydrolysis) is 1. The maximum Gasteiger partial charge on any atom is 0.407 e. The van der Waals surface area contributed by atoms with Gasteiger partial charge in [-0.3, -0.25) is 42.7 Å². The topological polar surface area (TPSA) is 255 Å². The number of amides is 2. The number of halogens is 4. The van der Waals surface area contributed by atoms with Gasteiger partial charge in [-0.25, -0.2) is 31.9 Å². The maximum atomic E-state index is 16.0. The van der Waals surface area contributed by atoms with Crippen LogP contribution in [0.15, 0.2) is 122 Å². The normalized spacial score (nSPS) is 11.9. The minimum absolute atomic E-state index is 0.108. The van der Waals surface area contributed by atoms with Crippen LogP contribution < -0.4 is 27.8 Å². The Labute approximate surface area is 476 Å². The van der Waals surface area contributed by atoms with E-state index in [0.29, 0.717) is 39.2 Å². The lowest BCUT2D eigenvalue weighted by atomic mass is 9.90. The number of carboxylic acid groups (broad SMARTS) is 2. The quantitative estimate of drug-likeness (QED) is 0.0437. The van der Waals surface area contributed by atoms with Crippen LogP contribution in [-0.2, 0) is 79.8 Å². The minimum Gasteiger partial charge on any atom is -0.481 e. The van der Waals surface area contributed by atoms with Crippen LogP contribution in [-0.4, -0.2) is 75.4 Å². The smallest absolute Gasteiger partial charge is 0.407 e. The van der Waals surface area contributed by atoms with E-state index in [9.17, 15) is 58.2 Å². The van der Waals surface area contributed by atoms with Crippen molar-refractivity contribution in [2.45, 2.75) is 65.6 Å². The van der Waals surface area contributed by atoms with E-state index in [1.165, 1.54) is 85.9 Å². The van der Waals surface area contributed by atoms with Crippen molar-refractivity contribution in [2.24, 2.45) is 40.0 Å². The Balaban J connectivity index is 1.07. The van der Waals surface area contributed by atoms with Gasteiger partial charge >= 0.3 is 29.4 Å². The fraction of sp³-hybridized carbons (Fsp3) is 0.279. The summed E-state index contributed by atoms with van der Waals surface area (Å²) in [5.74, 6) is -14.8. The molecule has 84 heavy (non-hydrogen) atoms. The number of aliphatic carboxylic acids is 2. The zero-order chi connectivity index (χ0) is 61.4. The van der Waals surface area contributed by atoms with Crippen molar-refractivity contribution < 1.29 is 61.3 Å². The number of rotatable bonds is 23. The van der Waals surface area contributed by atoms with Crippen molar-refractivity contribution in [1.29, 1.82) is 0 Å². The Morgan fingerprint density at radius 3 is 1.29 bits per heavy atom. The van der Waals surface area contributed by atoms with Crippen LogP contribution in [0.3, 0.4) is 0 Å².